The van der Waals surface area contributed by atoms with E-state index in [1.807, 2.05) is 0 Å². The van der Waals surface area contributed by atoms with Crippen molar-refractivity contribution in [3.05, 3.63) is 29.3 Å². The van der Waals surface area contributed by atoms with Crippen molar-refractivity contribution in [1.82, 2.24) is 10.6 Å². The zero-order valence-corrected chi connectivity index (χ0v) is 17.1. The second-order valence-electron chi connectivity index (χ2n) is 9.36. The molecule has 4 aliphatic rings. The highest BCUT2D eigenvalue weighted by Gasteiger charge is 2.48. The lowest BCUT2D eigenvalue weighted by atomic mass is 9.54. The van der Waals surface area contributed by atoms with Crippen LogP contribution in [0.25, 0.3) is 0 Å². The number of carbonyl (C=O) groups excluding carboxylic acids is 3. The smallest absolute Gasteiger partial charge is 0.407 e. The van der Waals surface area contributed by atoms with Crippen LogP contribution in [0.3, 0.4) is 0 Å². The summed E-state index contributed by atoms with van der Waals surface area (Å²) in [6.45, 7) is 0.692. The summed E-state index contributed by atoms with van der Waals surface area (Å²) in [7, 11) is 0. The van der Waals surface area contributed by atoms with Gasteiger partial charge in [0.1, 0.15) is 17.7 Å². The van der Waals surface area contributed by atoms with Crippen molar-refractivity contribution in [3.8, 4) is 0 Å². The molecule has 4 fully saturated rings. The van der Waals surface area contributed by atoms with Crippen LogP contribution in [0.15, 0.2) is 12.1 Å². The Morgan fingerprint density at radius 1 is 1.16 bits per heavy atom. The summed E-state index contributed by atoms with van der Waals surface area (Å²) in [6.07, 6.45) is 5.20. The van der Waals surface area contributed by atoms with Gasteiger partial charge in [-0.1, -0.05) is 6.42 Å². The van der Waals surface area contributed by atoms with Crippen LogP contribution in [0, 0.1) is 17.0 Å². The number of benzene rings is 1. The van der Waals surface area contributed by atoms with Crippen LogP contribution >= 0.6 is 0 Å². The lowest BCUT2D eigenvalue weighted by molar-refractivity contribution is -0.134. The van der Waals surface area contributed by atoms with Gasteiger partial charge in [-0.05, 0) is 49.7 Å². The molecule has 1 spiro atoms. The number of imide groups is 1. The average molecular weight is 433 g/mol. The molecule has 1 atom stereocenters. The number of amides is 3. The largest absolute Gasteiger partial charge is 0.442 e. The Balaban J connectivity index is 1.14. The van der Waals surface area contributed by atoms with Crippen molar-refractivity contribution >= 4 is 23.6 Å². The number of piperidine rings is 1. The molecule has 2 heterocycles. The van der Waals surface area contributed by atoms with Crippen LogP contribution in [0.1, 0.15) is 56.4 Å². The van der Waals surface area contributed by atoms with E-state index in [1.54, 1.807) is 4.90 Å². The average Bonchev–Trinajstić information content (AvgIpc) is 2.60. The van der Waals surface area contributed by atoms with Gasteiger partial charge in [0, 0.05) is 23.7 Å². The fourth-order valence-corrected chi connectivity index (χ4v) is 5.30. The summed E-state index contributed by atoms with van der Waals surface area (Å²) in [5.74, 6) is -3.77. The van der Waals surface area contributed by atoms with Crippen molar-refractivity contribution in [3.63, 3.8) is 0 Å². The molecule has 2 aliphatic heterocycles. The van der Waals surface area contributed by atoms with Crippen molar-refractivity contribution in [2.75, 3.05) is 18.0 Å². The van der Waals surface area contributed by atoms with Gasteiger partial charge in [0.05, 0.1) is 19.0 Å². The molecule has 0 unspecified atom stereocenters. The second-order valence-corrected chi connectivity index (χ2v) is 9.36. The highest BCUT2D eigenvalue weighted by atomic mass is 19.1. The number of anilines is 1. The van der Waals surface area contributed by atoms with Crippen molar-refractivity contribution in [2.45, 2.75) is 63.0 Å². The lowest BCUT2D eigenvalue weighted by Crippen LogP contribution is -2.57. The molecule has 2 saturated carbocycles. The maximum absolute atomic E-state index is 14.7. The number of hydrogen-bond acceptors (Lipinski definition) is 5. The van der Waals surface area contributed by atoms with Gasteiger partial charge in [-0.3, -0.25) is 14.9 Å². The molecule has 1 aromatic carbocycles. The van der Waals surface area contributed by atoms with Gasteiger partial charge in [-0.15, -0.1) is 0 Å². The maximum Gasteiger partial charge on any atom is 0.407 e. The highest BCUT2D eigenvalue weighted by molar-refractivity contribution is 6.01. The predicted octanol–water partition coefficient (Wildman–Crippen LogP) is 2.73. The minimum absolute atomic E-state index is 0.0477. The first-order valence-corrected chi connectivity index (χ1v) is 10.9. The third kappa shape index (κ3) is 3.74. The van der Waals surface area contributed by atoms with E-state index in [-0.39, 0.29) is 30.6 Å². The summed E-state index contributed by atoms with van der Waals surface area (Å²) in [5.41, 5.74) is 0.489. The normalized spacial score (nSPS) is 25.4. The Morgan fingerprint density at radius 2 is 1.84 bits per heavy atom. The van der Waals surface area contributed by atoms with Crippen molar-refractivity contribution < 1.29 is 27.9 Å². The molecule has 0 aromatic heterocycles. The van der Waals surface area contributed by atoms with Gasteiger partial charge in [0.2, 0.25) is 11.8 Å². The van der Waals surface area contributed by atoms with Gasteiger partial charge < -0.3 is 15.0 Å². The minimum Gasteiger partial charge on any atom is -0.442 e. The zero-order valence-electron chi connectivity index (χ0n) is 17.1. The minimum atomic E-state index is -1.02. The molecular formula is C22H25F2N3O4. The van der Waals surface area contributed by atoms with E-state index in [0.29, 0.717) is 24.2 Å². The summed E-state index contributed by atoms with van der Waals surface area (Å²) < 4.78 is 34.7. The summed E-state index contributed by atoms with van der Waals surface area (Å²) in [4.78, 5) is 37.0. The molecule has 2 aliphatic carbocycles. The standard InChI is InChI=1S/C22H25F2N3O4/c23-16-6-13(7-17(24)19(16)15-2-3-18(28)26-20(15)29)27-10-14(11-27)31-21(30)25-12-8-22(9-12)4-1-5-22/h6-7,12,14-15H,1-5,8-11H2,(H,25,30)(H,26,28,29)/t15-/m0/s1. The maximum atomic E-state index is 14.7. The molecule has 31 heavy (non-hydrogen) atoms. The summed E-state index contributed by atoms with van der Waals surface area (Å²) >= 11 is 0. The van der Waals surface area contributed by atoms with Crippen molar-refractivity contribution in [2.24, 2.45) is 5.41 Å². The number of carbonyl (C=O) groups is 3. The van der Waals surface area contributed by atoms with Crippen LogP contribution in [0.2, 0.25) is 0 Å². The Kier molecular flexibility index (Phi) is 4.86. The van der Waals surface area contributed by atoms with Crippen LogP contribution in [-0.4, -0.2) is 43.1 Å². The second kappa shape index (κ2) is 7.46. The molecule has 2 saturated heterocycles. The fourth-order valence-electron chi connectivity index (χ4n) is 5.30. The number of hydrogen-bond donors (Lipinski definition) is 2. The molecule has 3 amide bonds. The van der Waals surface area contributed by atoms with Crippen LogP contribution in [0.4, 0.5) is 19.3 Å². The predicted molar refractivity (Wildman–Crippen MR) is 106 cm³/mol. The first-order chi connectivity index (χ1) is 14.8. The Hall–Kier alpha value is -2.71. The number of nitrogens with one attached hydrogen (secondary N) is 2. The fraction of sp³-hybridized carbons (Fsp3) is 0.591. The molecular weight excluding hydrogens is 408 g/mol. The van der Waals surface area contributed by atoms with E-state index in [0.717, 1.165) is 12.8 Å². The molecule has 0 bridgehead atoms. The lowest BCUT2D eigenvalue weighted by Gasteiger charge is -2.54. The van der Waals surface area contributed by atoms with Crippen LogP contribution in [0.5, 0.6) is 0 Å². The summed E-state index contributed by atoms with van der Waals surface area (Å²) in [6, 6.07) is 2.56. The SMILES string of the molecule is O=C1CC[C@@H](c2c(F)cc(N3CC(OC(=O)NC4CC5(CCC5)C4)C3)cc2F)C(=O)N1. The number of rotatable bonds is 4. The zero-order chi connectivity index (χ0) is 21.8. The Morgan fingerprint density at radius 3 is 2.42 bits per heavy atom. The molecule has 2 N–H and O–H groups in total. The van der Waals surface area contributed by atoms with Gasteiger partial charge in [0.25, 0.3) is 0 Å². The monoisotopic (exact) mass is 433 g/mol. The third-order valence-corrected chi connectivity index (χ3v) is 7.23. The Bertz CT molecular complexity index is 912. The number of nitrogens with zero attached hydrogens (tertiary/aromatic N) is 1. The van der Waals surface area contributed by atoms with Gasteiger partial charge in [-0.25, -0.2) is 13.6 Å². The molecule has 166 valence electrons. The van der Waals surface area contributed by atoms with E-state index < -0.39 is 35.5 Å². The van der Waals surface area contributed by atoms with Crippen molar-refractivity contribution in [1.29, 1.82) is 0 Å². The van der Waals surface area contributed by atoms with E-state index in [9.17, 15) is 23.2 Å². The molecule has 7 nitrogen and oxygen atoms in total. The first kappa shape index (κ1) is 20.2. The number of halogens is 2. The molecule has 0 radical (unpaired) electrons. The van der Waals surface area contributed by atoms with E-state index in [4.69, 9.17) is 4.74 Å². The molecule has 1 aromatic rings. The van der Waals surface area contributed by atoms with E-state index >= 15 is 0 Å². The van der Waals surface area contributed by atoms with Crippen LogP contribution < -0.4 is 15.5 Å². The highest BCUT2D eigenvalue weighted by Crippen LogP contribution is 2.55. The van der Waals surface area contributed by atoms with E-state index in [1.165, 1.54) is 31.4 Å². The molecule has 5 rings (SSSR count). The quantitative estimate of drug-likeness (QED) is 0.713. The number of alkyl carbamates (subject to hydrolysis) is 1. The number of ether oxygens (including phenoxy) is 1. The van der Waals surface area contributed by atoms with Crippen LogP contribution in [-0.2, 0) is 14.3 Å². The van der Waals surface area contributed by atoms with E-state index in [2.05, 4.69) is 10.6 Å². The molecule has 9 heteroatoms. The van der Waals surface area contributed by atoms with Gasteiger partial charge >= 0.3 is 6.09 Å². The first-order valence-electron chi connectivity index (χ1n) is 10.9. The van der Waals surface area contributed by atoms with Gasteiger partial charge in [-0.2, -0.15) is 0 Å². The third-order valence-electron chi connectivity index (χ3n) is 7.23. The topological polar surface area (TPSA) is 87.7 Å². The summed E-state index contributed by atoms with van der Waals surface area (Å²) in [5, 5.41) is 5.02. The van der Waals surface area contributed by atoms with Gasteiger partial charge in [0.15, 0.2) is 0 Å². The Labute approximate surface area is 178 Å².